The van der Waals surface area contributed by atoms with Gasteiger partial charge in [-0.1, -0.05) is 94.1 Å². The highest BCUT2D eigenvalue weighted by Crippen LogP contribution is 2.27. The van der Waals surface area contributed by atoms with E-state index in [1.165, 1.54) is 0 Å². The summed E-state index contributed by atoms with van der Waals surface area (Å²) in [6.45, 7) is 15.7. The van der Waals surface area contributed by atoms with Crippen molar-refractivity contribution >= 4 is 24.2 Å². The van der Waals surface area contributed by atoms with E-state index < -0.39 is 17.5 Å². The van der Waals surface area contributed by atoms with Gasteiger partial charge in [-0.2, -0.15) is 0 Å². The second kappa shape index (κ2) is 12.5. The van der Waals surface area contributed by atoms with Crippen LogP contribution in [-0.2, 0) is 4.79 Å². The topological polar surface area (TPSA) is 44.8 Å². The lowest BCUT2D eigenvalue weighted by Gasteiger charge is -2.29. The lowest BCUT2D eigenvalue weighted by atomic mass is 9.89. The first kappa shape index (κ1) is 28.5. The molecule has 0 radical (unpaired) electrons. The van der Waals surface area contributed by atoms with Crippen molar-refractivity contribution in [3.8, 4) is 17.2 Å². The fraction of sp³-hybridized carbons (Fsp3) is 0.265. The minimum absolute atomic E-state index is 0.214. The summed E-state index contributed by atoms with van der Waals surface area (Å²) in [5, 5.41) is 0. The maximum Gasteiger partial charge on any atom is 0.353 e. The Bertz CT molecular complexity index is 1250. The Balaban J connectivity index is 1.58. The molecule has 1 unspecified atom stereocenters. The summed E-state index contributed by atoms with van der Waals surface area (Å²) in [5.74, 6) is 1.50. The fourth-order valence-corrected chi connectivity index (χ4v) is 3.55. The molecule has 0 saturated carbocycles. The Morgan fingerprint density at radius 1 is 0.684 bits per heavy atom. The third kappa shape index (κ3) is 9.11. The van der Waals surface area contributed by atoms with Gasteiger partial charge in [0, 0.05) is 5.41 Å². The first-order valence-corrected chi connectivity index (χ1v) is 12.8. The summed E-state index contributed by atoms with van der Waals surface area (Å²) in [5.41, 5.74) is 2.40. The molecule has 1 atom stereocenters. The van der Waals surface area contributed by atoms with Crippen LogP contribution in [0.1, 0.15) is 58.2 Å². The van der Waals surface area contributed by atoms with E-state index >= 15 is 0 Å². The number of rotatable bonds is 9. The number of carbonyl (C=O) groups is 1. The number of hydrogen-bond donors (Lipinski definition) is 0. The molecule has 0 aliphatic heterocycles. The SMILES string of the molecule is C=Cc1ccc(OC(C(=O)Oc2ccc(C=CC=Cc3ccc(OC(C)(C)C)cc3)cc2)C(C)(C)C)cc1. The van der Waals surface area contributed by atoms with Crippen LogP contribution in [0.3, 0.4) is 0 Å². The highest BCUT2D eigenvalue weighted by Gasteiger charge is 2.35. The summed E-state index contributed by atoms with van der Waals surface area (Å²) in [4.78, 5) is 13.0. The van der Waals surface area contributed by atoms with Gasteiger partial charge in [0.2, 0.25) is 6.10 Å². The van der Waals surface area contributed by atoms with Gasteiger partial charge in [0.25, 0.3) is 0 Å². The number of benzene rings is 3. The van der Waals surface area contributed by atoms with Crippen molar-refractivity contribution in [2.45, 2.75) is 53.2 Å². The molecule has 0 fully saturated rings. The molecule has 0 saturated heterocycles. The molecule has 4 heteroatoms. The van der Waals surface area contributed by atoms with Crippen LogP contribution in [-0.4, -0.2) is 17.7 Å². The fourth-order valence-electron chi connectivity index (χ4n) is 3.55. The smallest absolute Gasteiger partial charge is 0.353 e. The summed E-state index contributed by atoms with van der Waals surface area (Å²) < 4.78 is 17.6. The highest BCUT2D eigenvalue weighted by atomic mass is 16.6. The van der Waals surface area contributed by atoms with E-state index in [0.717, 1.165) is 22.4 Å². The molecule has 3 aromatic carbocycles. The molecule has 0 aromatic heterocycles. The van der Waals surface area contributed by atoms with E-state index in [-0.39, 0.29) is 5.60 Å². The van der Waals surface area contributed by atoms with Crippen LogP contribution in [0.5, 0.6) is 17.2 Å². The second-order valence-electron chi connectivity index (χ2n) is 11.1. The molecule has 0 aliphatic rings. The standard InChI is InChI=1S/C34H38O4/c1-8-25-13-19-28(20-14-25)36-31(33(2,3)4)32(35)37-29-21-15-26(16-22-29)11-9-10-12-27-17-23-30(24-18-27)38-34(5,6)7/h8-24,31H,1H2,2-7H3. The van der Waals surface area contributed by atoms with Crippen LogP contribution < -0.4 is 14.2 Å². The third-order valence-electron chi connectivity index (χ3n) is 5.46. The normalized spacial score (nSPS) is 12.9. The number of hydrogen-bond acceptors (Lipinski definition) is 4. The lowest BCUT2D eigenvalue weighted by molar-refractivity contribution is -0.147. The molecule has 0 amide bonds. The maximum absolute atomic E-state index is 13.0. The quantitative estimate of drug-likeness (QED) is 0.164. The van der Waals surface area contributed by atoms with Crippen molar-refractivity contribution in [1.29, 1.82) is 0 Å². The second-order valence-corrected chi connectivity index (χ2v) is 11.1. The van der Waals surface area contributed by atoms with Gasteiger partial charge in [0.15, 0.2) is 0 Å². The zero-order valence-corrected chi connectivity index (χ0v) is 23.2. The Kier molecular flexibility index (Phi) is 9.35. The summed E-state index contributed by atoms with van der Waals surface area (Å²) in [7, 11) is 0. The molecule has 38 heavy (non-hydrogen) atoms. The van der Waals surface area contributed by atoms with Crippen LogP contribution in [0.25, 0.3) is 18.2 Å². The van der Waals surface area contributed by atoms with E-state index in [4.69, 9.17) is 14.2 Å². The van der Waals surface area contributed by atoms with Crippen molar-refractivity contribution in [1.82, 2.24) is 0 Å². The molecule has 0 heterocycles. The van der Waals surface area contributed by atoms with E-state index in [1.807, 2.05) is 127 Å². The van der Waals surface area contributed by atoms with Gasteiger partial charge in [-0.25, -0.2) is 4.79 Å². The van der Waals surface area contributed by atoms with Gasteiger partial charge in [0.05, 0.1) is 0 Å². The zero-order valence-electron chi connectivity index (χ0n) is 23.2. The summed E-state index contributed by atoms with van der Waals surface area (Å²) in [6, 6.07) is 22.8. The molecule has 4 nitrogen and oxygen atoms in total. The van der Waals surface area contributed by atoms with Crippen LogP contribution in [0.15, 0.2) is 91.5 Å². The number of carbonyl (C=O) groups excluding carboxylic acids is 1. The van der Waals surface area contributed by atoms with Crippen molar-refractivity contribution in [2.75, 3.05) is 0 Å². The van der Waals surface area contributed by atoms with Crippen LogP contribution in [0, 0.1) is 5.41 Å². The lowest BCUT2D eigenvalue weighted by Crippen LogP contribution is -2.42. The molecule has 0 N–H and O–H groups in total. The van der Waals surface area contributed by atoms with Crippen LogP contribution in [0.2, 0.25) is 0 Å². The molecule has 3 rings (SSSR count). The van der Waals surface area contributed by atoms with Crippen molar-refractivity contribution in [3.05, 3.63) is 108 Å². The van der Waals surface area contributed by atoms with Crippen molar-refractivity contribution < 1.29 is 19.0 Å². The number of ether oxygens (including phenoxy) is 3. The van der Waals surface area contributed by atoms with Gasteiger partial charge in [-0.15, -0.1) is 0 Å². The molecule has 0 aliphatic carbocycles. The molecule has 3 aromatic rings. The third-order valence-corrected chi connectivity index (χ3v) is 5.46. The molecule has 0 bridgehead atoms. The van der Waals surface area contributed by atoms with Crippen LogP contribution in [0.4, 0.5) is 0 Å². The van der Waals surface area contributed by atoms with Crippen molar-refractivity contribution in [2.24, 2.45) is 5.41 Å². The van der Waals surface area contributed by atoms with E-state index in [1.54, 1.807) is 18.2 Å². The molecular formula is C34H38O4. The van der Waals surface area contributed by atoms with Gasteiger partial charge in [0.1, 0.15) is 22.8 Å². The predicted octanol–water partition coefficient (Wildman–Crippen LogP) is 8.63. The van der Waals surface area contributed by atoms with E-state index in [9.17, 15) is 4.79 Å². The van der Waals surface area contributed by atoms with E-state index in [2.05, 4.69) is 6.58 Å². The van der Waals surface area contributed by atoms with Crippen LogP contribution >= 0.6 is 0 Å². The Hall–Kier alpha value is -4.05. The number of esters is 1. The first-order valence-electron chi connectivity index (χ1n) is 12.8. The minimum Gasteiger partial charge on any atom is -0.488 e. The highest BCUT2D eigenvalue weighted by molar-refractivity contribution is 5.78. The first-order chi connectivity index (χ1) is 17.9. The molecule has 0 spiro atoms. The molecule has 198 valence electrons. The zero-order chi connectivity index (χ0) is 27.8. The number of allylic oxidation sites excluding steroid dienone is 2. The van der Waals surface area contributed by atoms with Gasteiger partial charge < -0.3 is 14.2 Å². The van der Waals surface area contributed by atoms with E-state index in [0.29, 0.717) is 11.5 Å². The predicted molar refractivity (Wildman–Crippen MR) is 157 cm³/mol. The Labute approximate surface area is 227 Å². The monoisotopic (exact) mass is 510 g/mol. The van der Waals surface area contributed by atoms with Gasteiger partial charge >= 0.3 is 5.97 Å². The average molecular weight is 511 g/mol. The largest absolute Gasteiger partial charge is 0.488 e. The summed E-state index contributed by atoms with van der Waals surface area (Å²) >= 11 is 0. The van der Waals surface area contributed by atoms with Crippen molar-refractivity contribution in [3.63, 3.8) is 0 Å². The molecular weight excluding hydrogens is 472 g/mol. The summed E-state index contributed by atoms with van der Waals surface area (Å²) in [6.07, 6.45) is 8.98. The van der Waals surface area contributed by atoms with Gasteiger partial charge in [-0.3, -0.25) is 0 Å². The minimum atomic E-state index is -0.768. The van der Waals surface area contributed by atoms with Gasteiger partial charge in [-0.05, 0) is 73.9 Å². The Morgan fingerprint density at radius 3 is 1.58 bits per heavy atom. The Morgan fingerprint density at radius 2 is 1.13 bits per heavy atom. The average Bonchev–Trinajstić information content (AvgIpc) is 2.86. The maximum atomic E-state index is 13.0.